The van der Waals surface area contributed by atoms with Gasteiger partial charge in [-0.2, -0.15) is 0 Å². The van der Waals surface area contributed by atoms with Gasteiger partial charge in [0.2, 0.25) is 0 Å². The predicted molar refractivity (Wildman–Crippen MR) is 69.6 cm³/mol. The molecule has 0 aliphatic carbocycles. The molecule has 1 unspecified atom stereocenters. The highest BCUT2D eigenvalue weighted by atomic mass is 32.1. The van der Waals surface area contributed by atoms with Crippen LogP contribution in [0.25, 0.3) is 0 Å². The molecule has 7 heteroatoms. The average molecular weight is 285 g/mol. The van der Waals surface area contributed by atoms with Crippen LogP contribution in [0.2, 0.25) is 0 Å². The summed E-state index contributed by atoms with van der Waals surface area (Å²) >= 11 is 1.27. The molecule has 6 nitrogen and oxygen atoms in total. The lowest BCUT2D eigenvalue weighted by Crippen LogP contribution is -2.41. The molecule has 0 aliphatic rings. The van der Waals surface area contributed by atoms with Crippen molar-refractivity contribution in [1.29, 1.82) is 0 Å². The number of thiophene rings is 1. The van der Waals surface area contributed by atoms with Crippen molar-refractivity contribution in [3.63, 3.8) is 0 Å². The quantitative estimate of drug-likeness (QED) is 0.730. The molecular weight excluding hydrogens is 270 g/mol. The molecule has 1 aromatic rings. The molecule has 0 fully saturated rings. The Morgan fingerprint density at radius 2 is 2.00 bits per heavy atom. The fourth-order valence-electron chi connectivity index (χ4n) is 1.59. The first kappa shape index (κ1) is 15.2. The Bertz CT molecular complexity index is 508. The number of carbonyl (C=O) groups excluding carboxylic acids is 1. The number of aliphatic carboxylic acids is 2. The van der Waals surface area contributed by atoms with Crippen molar-refractivity contribution in [2.24, 2.45) is 0 Å². The van der Waals surface area contributed by atoms with E-state index in [1.165, 1.54) is 11.3 Å². The van der Waals surface area contributed by atoms with Gasteiger partial charge >= 0.3 is 11.9 Å². The van der Waals surface area contributed by atoms with Crippen molar-refractivity contribution >= 4 is 29.2 Å². The molecule has 1 rings (SSSR count). The Balaban J connectivity index is 2.81. The summed E-state index contributed by atoms with van der Waals surface area (Å²) in [4.78, 5) is 34.6. The van der Waals surface area contributed by atoms with Gasteiger partial charge in [0, 0.05) is 4.88 Å². The van der Waals surface area contributed by atoms with Gasteiger partial charge in [0.1, 0.15) is 6.04 Å². The van der Waals surface area contributed by atoms with Gasteiger partial charge in [0.05, 0.1) is 11.3 Å². The highest BCUT2D eigenvalue weighted by Crippen LogP contribution is 2.22. The minimum Gasteiger partial charge on any atom is -0.481 e. The van der Waals surface area contributed by atoms with E-state index in [-0.39, 0.29) is 0 Å². The third kappa shape index (κ3) is 4.06. The van der Waals surface area contributed by atoms with Crippen LogP contribution >= 0.6 is 11.3 Å². The first-order valence-electron chi connectivity index (χ1n) is 5.69. The second-order valence-electron chi connectivity index (χ2n) is 4.01. The largest absolute Gasteiger partial charge is 0.481 e. The van der Waals surface area contributed by atoms with Crippen molar-refractivity contribution in [2.45, 2.75) is 32.7 Å². The zero-order valence-electron chi connectivity index (χ0n) is 10.6. The lowest BCUT2D eigenvalue weighted by Gasteiger charge is -2.11. The number of carbonyl (C=O) groups is 3. The molecule has 0 saturated carbocycles. The second kappa shape index (κ2) is 6.33. The lowest BCUT2D eigenvalue weighted by molar-refractivity contribution is -0.145. The minimum atomic E-state index is -1.42. The van der Waals surface area contributed by atoms with Crippen LogP contribution in [0.15, 0.2) is 6.07 Å². The van der Waals surface area contributed by atoms with Crippen molar-refractivity contribution in [3.05, 3.63) is 21.4 Å². The maximum atomic E-state index is 11.9. The van der Waals surface area contributed by atoms with Crippen LogP contribution in [0.4, 0.5) is 0 Å². The van der Waals surface area contributed by atoms with Crippen LogP contribution in [0.5, 0.6) is 0 Å². The number of rotatable bonds is 6. The topological polar surface area (TPSA) is 104 Å². The number of aryl methyl sites for hydroxylation is 2. The van der Waals surface area contributed by atoms with Crippen LogP contribution in [-0.4, -0.2) is 34.1 Å². The third-order valence-electron chi connectivity index (χ3n) is 2.61. The number of nitrogens with one attached hydrogen (secondary N) is 1. The molecule has 1 atom stereocenters. The van der Waals surface area contributed by atoms with Crippen molar-refractivity contribution in [2.75, 3.05) is 0 Å². The SMILES string of the molecule is CCc1cc(C(=O)NC(CC(=O)O)C(=O)O)sc1C. The lowest BCUT2D eigenvalue weighted by atomic mass is 10.2. The van der Waals surface area contributed by atoms with E-state index in [1.54, 1.807) is 6.07 Å². The molecule has 0 aliphatic heterocycles. The van der Waals surface area contributed by atoms with E-state index in [0.29, 0.717) is 4.88 Å². The Morgan fingerprint density at radius 3 is 2.42 bits per heavy atom. The fraction of sp³-hybridized carbons (Fsp3) is 0.417. The predicted octanol–water partition coefficient (Wildman–Crippen LogP) is 1.28. The van der Waals surface area contributed by atoms with Crippen LogP contribution in [0.3, 0.4) is 0 Å². The van der Waals surface area contributed by atoms with E-state index in [4.69, 9.17) is 10.2 Å². The Kier molecular flexibility index (Phi) is 5.05. The summed E-state index contributed by atoms with van der Waals surface area (Å²) in [6.07, 6.45) is 0.138. The summed E-state index contributed by atoms with van der Waals surface area (Å²) in [5.41, 5.74) is 1.03. The van der Waals surface area contributed by atoms with E-state index in [0.717, 1.165) is 16.9 Å². The zero-order chi connectivity index (χ0) is 14.6. The summed E-state index contributed by atoms with van der Waals surface area (Å²) in [6, 6.07) is 0.284. The molecule has 0 bridgehead atoms. The van der Waals surface area contributed by atoms with Crippen molar-refractivity contribution in [1.82, 2.24) is 5.32 Å². The smallest absolute Gasteiger partial charge is 0.326 e. The van der Waals surface area contributed by atoms with E-state index in [1.807, 2.05) is 13.8 Å². The first-order valence-corrected chi connectivity index (χ1v) is 6.51. The second-order valence-corrected chi connectivity index (χ2v) is 5.26. The fourth-order valence-corrected chi connectivity index (χ4v) is 2.60. The van der Waals surface area contributed by atoms with Gasteiger partial charge in [-0.3, -0.25) is 9.59 Å². The zero-order valence-corrected chi connectivity index (χ0v) is 11.4. The number of carboxylic acids is 2. The molecule has 1 amide bonds. The van der Waals surface area contributed by atoms with E-state index >= 15 is 0 Å². The third-order valence-corrected chi connectivity index (χ3v) is 3.70. The molecule has 1 heterocycles. The minimum absolute atomic E-state index is 0.394. The van der Waals surface area contributed by atoms with Gasteiger partial charge in [-0.25, -0.2) is 4.79 Å². The molecule has 0 radical (unpaired) electrons. The summed E-state index contributed by atoms with van der Waals surface area (Å²) < 4.78 is 0. The van der Waals surface area contributed by atoms with Crippen molar-refractivity contribution in [3.8, 4) is 0 Å². The van der Waals surface area contributed by atoms with Crippen LogP contribution in [-0.2, 0) is 16.0 Å². The molecule has 3 N–H and O–H groups in total. The first-order chi connectivity index (χ1) is 8.85. The summed E-state index contributed by atoms with van der Waals surface area (Å²) in [5, 5.41) is 19.7. The highest BCUT2D eigenvalue weighted by Gasteiger charge is 2.24. The maximum absolute atomic E-state index is 11.9. The van der Waals surface area contributed by atoms with Crippen LogP contribution in [0, 0.1) is 6.92 Å². The maximum Gasteiger partial charge on any atom is 0.326 e. The number of hydrogen-bond donors (Lipinski definition) is 3. The normalized spacial score (nSPS) is 11.9. The van der Waals surface area contributed by atoms with Crippen LogP contribution in [0.1, 0.15) is 33.5 Å². The van der Waals surface area contributed by atoms with Crippen molar-refractivity contribution < 1.29 is 24.6 Å². The molecule has 0 aromatic carbocycles. The van der Waals surface area contributed by atoms with Gasteiger partial charge in [-0.05, 0) is 25.0 Å². The number of carboxylic acid groups (broad SMARTS) is 2. The summed E-state index contributed by atoms with van der Waals surface area (Å²) in [7, 11) is 0. The Hall–Kier alpha value is -1.89. The van der Waals surface area contributed by atoms with Gasteiger partial charge in [-0.15, -0.1) is 11.3 Å². The van der Waals surface area contributed by atoms with Gasteiger partial charge < -0.3 is 15.5 Å². The summed E-state index contributed by atoms with van der Waals surface area (Å²) in [5.74, 6) is -3.19. The Labute approximate surface area is 114 Å². The van der Waals surface area contributed by atoms with E-state index < -0.39 is 30.3 Å². The van der Waals surface area contributed by atoms with Gasteiger partial charge in [0.25, 0.3) is 5.91 Å². The standard InChI is InChI=1S/C12H15NO5S/c1-3-7-4-9(19-6(7)2)11(16)13-8(12(17)18)5-10(14)15/h4,8H,3,5H2,1-2H3,(H,13,16)(H,14,15)(H,17,18). The van der Waals surface area contributed by atoms with Gasteiger partial charge in [0.15, 0.2) is 0 Å². The highest BCUT2D eigenvalue weighted by molar-refractivity contribution is 7.14. The van der Waals surface area contributed by atoms with E-state index in [9.17, 15) is 14.4 Å². The molecule has 1 aromatic heterocycles. The summed E-state index contributed by atoms with van der Waals surface area (Å²) in [6.45, 7) is 3.84. The molecule has 0 spiro atoms. The molecule has 0 saturated heterocycles. The average Bonchev–Trinajstić information content (AvgIpc) is 2.69. The Morgan fingerprint density at radius 1 is 1.37 bits per heavy atom. The number of amides is 1. The molecule has 104 valence electrons. The molecular formula is C12H15NO5S. The van der Waals surface area contributed by atoms with Crippen LogP contribution < -0.4 is 5.32 Å². The van der Waals surface area contributed by atoms with E-state index in [2.05, 4.69) is 5.32 Å². The number of hydrogen-bond acceptors (Lipinski definition) is 4. The monoisotopic (exact) mass is 285 g/mol. The molecule has 19 heavy (non-hydrogen) atoms. The van der Waals surface area contributed by atoms with Gasteiger partial charge in [-0.1, -0.05) is 6.92 Å².